The molecule has 0 aliphatic carbocycles. The van der Waals surface area contributed by atoms with Crippen molar-refractivity contribution in [2.75, 3.05) is 11.9 Å². The lowest BCUT2D eigenvalue weighted by Gasteiger charge is -2.10. The molecule has 168 valence electrons. The molecule has 4 rings (SSSR count). The van der Waals surface area contributed by atoms with E-state index in [1.165, 1.54) is 16.8 Å². The first-order valence-electron chi connectivity index (χ1n) is 10.4. The van der Waals surface area contributed by atoms with Crippen molar-refractivity contribution in [3.63, 3.8) is 0 Å². The van der Waals surface area contributed by atoms with Gasteiger partial charge in [-0.1, -0.05) is 18.2 Å². The number of halogens is 1. The Morgan fingerprint density at radius 2 is 1.88 bits per heavy atom. The van der Waals surface area contributed by atoms with E-state index in [0.717, 1.165) is 0 Å². The summed E-state index contributed by atoms with van der Waals surface area (Å²) in [6.07, 6.45) is 0. The Morgan fingerprint density at radius 1 is 1.09 bits per heavy atom. The third-order valence-corrected chi connectivity index (χ3v) is 4.95. The van der Waals surface area contributed by atoms with E-state index in [0.29, 0.717) is 39.7 Å². The highest BCUT2D eigenvalue weighted by Gasteiger charge is 2.19. The van der Waals surface area contributed by atoms with Gasteiger partial charge in [0.2, 0.25) is 0 Å². The van der Waals surface area contributed by atoms with Gasteiger partial charge in [0.15, 0.2) is 5.69 Å². The first-order valence-corrected chi connectivity index (χ1v) is 10.4. The molecule has 0 saturated heterocycles. The monoisotopic (exact) mass is 447 g/mol. The highest BCUT2D eigenvalue weighted by atomic mass is 19.1. The van der Waals surface area contributed by atoms with E-state index in [9.17, 15) is 14.0 Å². The second-order valence-corrected chi connectivity index (χ2v) is 7.39. The lowest BCUT2D eigenvalue weighted by Crippen LogP contribution is -2.12. The Hall–Kier alpha value is -4.20. The molecule has 0 fully saturated rings. The van der Waals surface area contributed by atoms with E-state index in [4.69, 9.17) is 9.15 Å². The van der Waals surface area contributed by atoms with E-state index in [1.807, 2.05) is 6.07 Å². The first-order chi connectivity index (χ1) is 15.9. The summed E-state index contributed by atoms with van der Waals surface area (Å²) in [5.41, 5.74) is 2.73. The normalized spacial score (nSPS) is 10.8. The third-order valence-electron chi connectivity index (χ3n) is 4.95. The van der Waals surface area contributed by atoms with Gasteiger partial charge in [-0.25, -0.2) is 13.9 Å². The smallest absolute Gasteiger partial charge is 0.358 e. The maximum absolute atomic E-state index is 13.9. The molecule has 4 aromatic rings. The van der Waals surface area contributed by atoms with Crippen LogP contribution in [0.2, 0.25) is 0 Å². The van der Waals surface area contributed by atoms with Crippen LogP contribution in [0.4, 0.5) is 10.1 Å². The maximum atomic E-state index is 13.9. The fourth-order valence-corrected chi connectivity index (χ4v) is 3.51. The average Bonchev–Trinajstić information content (AvgIpc) is 3.37. The lowest BCUT2D eigenvalue weighted by molar-refractivity contribution is 0.0519. The Morgan fingerprint density at radius 3 is 2.58 bits per heavy atom. The summed E-state index contributed by atoms with van der Waals surface area (Å²) in [5.74, 6) is -0.128. The van der Waals surface area contributed by atoms with Gasteiger partial charge in [0.05, 0.1) is 23.6 Å². The quantitative estimate of drug-likeness (QED) is 0.405. The van der Waals surface area contributed by atoms with Crippen LogP contribution in [-0.4, -0.2) is 28.3 Å². The first kappa shape index (κ1) is 22.0. The number of furan rings is 1. The SMILES string of the molecule is CCOC(=O)c1cc(-c2cccc(NC(=O)c3cc(C)oc3C)c2)n(-c2cccc(F)c2)n1. The Bertz CT molecular complexity index is 1340. The standard InChI is InChI=1S/C25H22FN3O4/c1-4-32-25(31)22-14-23(29(28-22)20-10-6-8-18(26)13-20)17-7-5-9-19(12-17)27-24(30)21-11-15(2)33-16(21)3/h5-14H,4H2,1-3H3,(H,27,30). The van der Waals surface area contributed by atoms with Crippen LogP contribution in [0.1, 0.15) is 39.3 Å². The van der Waals surface area contributed by atoms with E-state index < -0.39 is 11.8 Å². The molecule has 33 heavy (non-hydrogen) atoms. The lowest BCUT2D eigenvalue weighted by atomic mass is 10.1. The molecule has 0 aliphatic heterocycles. The van der Waals surface area contributed by atoms with Crippen LogP contribution in [0.25, 0.3) is 16.9 Å². The fraction of sp³-hybridized carbons (Fsp3) is 0.160. The van der Waals surface area contributed by atoms with E-state index >= 15 is 0 Å². The van der Waals surface area contributed by atoms with Crippen molar-refractivity contribution in [3.8, 4) is 16.9 Å². The molecule has 0 spiro atoms. The van der Waals surface area contributed by atoms with Gasteiger partial charge >= 0.3 is 5.97 Å². The predicted molar refractivity (Wildman–Crippen MR) is 121 cm³/mol. The fourth-order valence-electron chi connectivity index (χ4n) is 3.51. The minimum atomic E-state index is -0.579. The van der Waals surface area contributed by atoms with Crippen LogP contribution in [0.15, 0.2) is 65.1 Å². The second kappa shape index (κ2) is 9.12. The van der Waals surface area contributed by atoms with Gasteiger partial charge in [-0.05, 0) is 63.2 Å². The summed E-state index contributed by atoms with van der Waals surface area (Å²) < 4.78 is 25.9. The highest BCUT2D eigenvalue weighted by molar-refractivity contribution is 6.05. The number of nitrogens with one attached hydrogen (secondary N) is 1. The van der Waals surface area contributed by atoms with Crippen LogP contribution in [0.3, 0.4) is 0 Å². The third kappa shape index (κ3) is 4.69. The molecule has 2 aromatic heterocycles. The number of carbonyl (C=O) groups is 2. The van der Waals surface area contributed by atoms with Gasteiger partial charge in [0, 0.05) is 11.3 Å². The zero-order valence-corrected chi connectivity index (χ0v) is 18.4. The number of ether oxygens (including phenoxy) is 1. The minimum Gasteiger partial charge on any atom is -0.466 e. The molecule has 0 radical (unpaired) electrons. The molecule has 1 N–H and O–H groups in total. The van der Waals surface area contributed by atoms with Gasteiger partial charge in [-0.3, -0.25) is 4.79 Å². The number of nitrogens with zero attached hydrogens (tertiary/aromatic N) is 2. The van der Waals surface area contributed by atoms with Crippen molar-refractivity contribution >= 4 is 17.6 Å². The number of aromatic nitrogens is 2. The summed E-state index contributed by atoms with van der Waals surface area (Å²) in [6, 6.07) is 16.2. The topological polar surface area (TPSA) is 86.4 Å². The second-order valence-electron chi connectivity index (χ2n) is 7.39. The predicted octanol–water partition coefficient (Wildman–Crippen LogP) is 5.32. The molecule has 0 aliphatic rings. The zero-order valence-electron chi connectivity index (χ0n) is 18.4. The Labute approximate surface area is 189 Å². The van der Waals surface area contributed by atoms with Gasteiger partial charge in [-0.15, -0.1) is 0 Å². The molecule has 2 aromatic carbocycles. The van der Waals surface area contributed by atoms with Gasteiger partial charge < -0.3 is 14.5 Å². The number of benzene rings is 2. The van der Waals surface area contributed by atoms with Gasteiger partial charge in [0.25, 0.3) is 5.91 Å². The molecule has 0 unspecified atom stereocenters. The van der Waals surface area contributed by atoms with Crippen molar-refractivity contribution < 1.29 is 23.1 Å². The number of aryl methyl sites for hydroxylation is 2. The van der Waals surface area contributed by atoms with E-state index in [2.05, 4.69) is 10.4 Å². The van der Waals surface area contributed by atoms with Gasteiger partial charge in [0.1, 0.15) is 17.3 Å². The molecule has 8 heteroatoms. The van der Waals surface area contributed by atoms with Crippen LogP contribution < -0.4 is 5.32 Å². The minimum absolute atomic E-state index is 0.0926. The number of rotatable bonds is 6. The number of amides is 1. The number of hydrogen-bond donors (Lipinski definition) is 1. The molecule has 0 saturated carbocycles. The van der Waals surface area contributed by atoms with Crippen molar-refractivity contribution in [2.45, 2.75) is 20.8 Å². The summed E-state index contributed by atoms with van der Waals surface area (Å²) in [6.45, 7) is 5.42. The molecule has 0 bridgehead atoms. The molecule has 1 amide bonds. The van der Waals surface area contributed by atoms with E-state index in [-0.39, 0.29) is 18.2 Å². The van der Waals surface area contributed by atoms with Crippen LogP contribution in [-0.2, 0) is 4.74 Å². The summed E-state index contributed by atoms with van der Waals surface area (Å²) >= 11 is 0. The number of hydrogen-bond acceptors (Lipinski definition) is 5. The van der Waals surface area contributed by atoms with Crippen LogP contribution in [0.5, 0.6) is 0 Å². The van der Waals surface area contributed by atoms with Crippen LogP contribution >= 0.6 is 0 Å². The molecular formula is C25H22FN3O4. The summed E-state index contributed by atoms with van der Waals surface area (Å²) in [7, 11) is 0. The number of esters is 1. The highest BCUT2D eigenvalue weighted by Crippen LogP contribution is 2.27. The van der Waals surface area contributed by atoms with Gasteiger partial charge in [-0.2, -0.15) is 5.10 Å². The number of carbonyl (C=O) groups excluding carboxylic acids is 2. The van der Waals surface area contributed by atoms with Crippen molar-refractivity contribution in [2.24, 2.45) is 0 Å². The zero-order chi connectivity index (χ0) is 23.5. The van der Waals surface area contributed by atoms with Crippen LogP contribution in [0, 0.1) is 19.7 Å². The average molecular weight is 447 g/mol. The largest absolute Gasteiger partial charge is 0.466 e. The Balaban J connectivity index is 1.73. The Kier molecular flexibility index (Phi) is 6.08. The van der Waals surface area contributed by atoms with Crippen molar-refractivity contribution in [1.82, 2.24) is 9.78 Å². The molecular weight excluding hydrogens is 425 g/mol. The number of anilines is 1. The summed E-state index contributed by atoms with van der Waals surface area (Å²) in [5, 5.41) is 7.21. The molecule has 2 heterocycles. The summed E-state index contributed by atoms with van der Waals surface area (Å²) in [4.78, 5) is 25.0. The molecule has 7 nitrogen and oxygen atoms in total. The van der Waals surface area contributed by atoms with Crippen molar-refractivity contribution in [3.05, 3.63) is 89.3 Å². The maximum Gasteiger partial charge on any atom is 0.358 e. The molecule has 0 atom stereocenters. The van der Waals surface area contributed by atoms with Crippen molar-refractivity contribution in [1.29, 1.82) is 0 Å². The van der Waals surface area contributed by atoms with E-state index in [1.54, 1.807) is 63.2 Å².